The largest absolute Gasteiger partial charge is 0.370 e. The Morgan fingerprint density at radius 3 is 2.18 bits per heavy atom. The van der Waals surface area contributed by atoms with Gasteiger partial charge in [-0.2, -0.15) is 4.98 Å². The van der Waals surface area contributed by atoms with Crippen LogP contribution in [0.15, 0.2) is 52.5 Å². The summed E-state index contributed by atoms with van der Waals surface area (Å²) in [5.74, 6) is 0.123. The van der Waals surface area contributed by atoms with Gasteiger partial charge >= 0.3 is 5.69 Å². The fourth-order valence-electron chi connectivity index (χ4n) is 2.52. The lowest BCUT2D eigenvalue weighted by Crippen LogP contribution is -2.23. The van der Waals surface area contributed by atoms with Gasteiger partial charge in [0.05, 0.1) is 5.69 Å². The van der Waals surface area contributed by atoms with Crippen LogP contribution in [0.4, 0.5) is 0 Å². The Labute approximate surface area is 199 Å². The molecule has 1 aromatic carbocycles. The van der Waals surface area contributed by atoms with Gasteiger partial charge in [0.1, 0.15) is 5.65 Å². The lowest BCUT2D eigenvalue weighted by molar-refractivity contribution is 0.655. The van der Waals surface area contributed by atoms with Gasteiger partial charge in [0.15, 0.2) is 5.96 Å². The first-order valence-electron chi connectivity index (χ1n) is 12.1. The predicted octanol–water partition coefficient (Wildman–Crippen LogP) is 4.57. The molecule has 8 heteroatoms. The Balaban J connectivity index is 0. The van der Waals surface area contributed by atoms with Gasteiger partial charge in [-0.05, 0) is 36.7 Å². The summed E-state index contributed by atoms with van der Waals surface area (Å²) in [5, 5.41) is 4.23. The Bertz CT molecular complexity index is 924. The molecule has 0 radical (unpaired) electrons. The van der Waals surface area contributed by atoms with Crippen LogP contribution in [0.1, 0.15) is 67.4 Å². The van der Waals surface area contributed by atoms with E-state index in [1.807, 2.05) is 85.7 Å². The number of nitrogens with two attached hydrogens (primary N) is 2. The molecular weight excluding hydrogens is 414 g/mol. The van der Waals surface area contributed by atoms with E-state index >= 15 is 0 Å². The number of H-pyrrole nitrogens is 1. The highest BCUT2D eigenvalue weighted by molar-refractivity contribution is 5.75. The van der Waals surface area contributed by atoms with Crippen LogP contribution in [0.25, 0.3) is 16.7 Å². The number of fused-ring (bicyclic) bond motifs is 1. The summed E-state index contributed by atoms with van der Waals surface area (Å²) in [6, 6.07) is 9.70. The molecular formula is C25H45N7O. The molecule has 0 atom stereocenters. The van der Waals surface area contributed by atoms with Crippen molar-refractivity contribution in [3.05, 3.63) is 58.8 Å². The number of nitrogens with one attached hydrogen (secondary N) is 2. The summed E-state index contributed by atoms with van der Waals surface area (Å²) in [7, 11) is 0. The molecule has 0 amide bonds. The zero-order valence-electron chi connectivity index (χ0n) is 21.8. The summed E-state index contributed by atoms with van der Waals surface area (Å²) in [5.41, 5.74) is 12.8. The van der Waals surface area contributed by atoms with Gasteiger partial charge in [-0.3, -0.25) is 9.56 Å². The number of nitrogens with zero attached hydrogens (tertiary/aromatic N) is 3. The minimum absolute atomic E-state index is 0.123. The second kappa shape index (κ2) is 20.8. The molecule has 8 nitrogen and oxygen atoms in total. The van der Waals surface area contributed by atoms with Crippen LogP contribution in [0, 0.1) is 0 Å². The van der Waals surface area contributed by atoms with Gasteiger partial charge in [-0.1, -0.05) is 67.5 Å². The van der Waals surface area contributed by atoms with Crippen LogP contribution in [-0.2, 0) is 6.54 Å². The van der Waals surface area contributed by atoms with E-state index in [4.69, 9.17) is 11.5 Å². The van der Waals surface area contributed by atoms with Crippen LogP contribution in [0.2, 0.25) is 0 Å². The Morgan fingerprint density at radius 1 is 1.00 bits per heavy atom. The third kappa shape index (κ3) is 11.9. The minimum atomic E-state index is -0.305. The highest BCUT2D eigenvalue weighted by atomic mass is 16.1. The van der Waals surface area contributed by atoms with Gasteiger partial charge in [-0.15, -0.1) is 0 Å². The zero-order chi connectivity index (χ0) is 25.6. The van der Waals surface area contributed by atoms with Crippen molar-refractivity contribution in [1.82, 2.24) is 19.9 Å². The van der Waals surface area contributed by atoms with E-state index in [9.17, 15) is 4.79 Å². The molecule has 2 heterocycles. The van der Waals surface area contributed by atoms with E-state index in [-0.39, 0.29) is 11.6 Å². The van der Waals surface area contributed by atoms with Crippen LogP contribution < -0.4 is 22.5 Å². The maximum Gasteiger partial charge on any atom is 0.354 e. The summed E-state index contributed by atoms with van der Waals surface area (Å²) < 4.78 is 1.54. The van der Waals surface area contributed by atoms with Crippen molar-refractivity contribution in [2.75, 3.05) is 13.1 Å². The van der Waals surface area contributed by atoms with Crippen molar-refractivity contribution in [2.24, 2.45) is 16.5 Å². The van der Waals surface area contributed by atoms with E-state index in [0.29, 0.717) is 12.2 Å². The molecule has 0 bridgehead atoms. The van der Waals surface area contributed by atoms with E-state index in [2.05, 4.69) is 20.3 Å². The van der Waals surface area contributed by atoms with Gasteiger partial charge < -0.3 is 21.8 Å². The van der Waals surface area contributed by atoms with Crippen molar-refractivity contribution in [3.8, 4) is 5.69 Å². The number of rotatable bonds is 7. The number of aromatic nitrogens is 3. The van der Waals surface area contributed by atoms with Gasteiger partial charge in [-0.25, -0.2) is 4.79 Å². The Morgan fingerprint density at radius 2 is 1.61 bits per heavy atom. The van der Waals surface area contributed by atoms with Crippen LogP contribution >= 0.6 is 0 Å². The smallest absolute Gasteiger partial charge is 0.354 e. The van der Waals surface area contributed by atoms with Gasteiger partial charge in [0, 0.05) is 30.9 Å². The SMILES string of the molecule is CC.CC.CC.CC.NC(N)=NCCCNCc1ccc(-n2cc3cc[nH]c3nc2=O)cc1. The number of hydrogen-bond acceptors (Lipinski definition) is 4. The number of aliphatic imine (C=N–C) groups is 1. The average molecular weight is 460 g/mol. The molecule has 3 rings (SSSR count). The molecule has 2 aromatic heterocycles. The molecule has 0 fully saturated rings. The van der Waals surface area contributed by atoms with Crippen LogP contribution in [0.5, 0.6) is 0 Å². The average Bonchev–Trinajstić information content (AvgIpc) is 3.33. The number of guanidine groups is 1. The lowest BCUT2D eigenvalue weighted by atomic mass is 10.2. The molecule has 0 spiro atoms. The summed E-state index contributed by atoms with van der Waals surface area (Å²) >= 11 is 0. The summed E-state index contributed by atoms with van der Waals surface area (Å²) in [4.78, 5) is 23.0. The second-order valence-electron chi connectivity index (χ2n) is 5.68. The molecule has 0 unspecified atom stereocenters. The number of benzene rings is 1. The topological polar surface area (TPSA) is 127 Å². The van der Waals surface area contributed by atoms with Gasteiger partial charge in [0.2, 0.25) is 0 Å². The normalized spacial score (nSPS) is 8.97. The maximum atomic E-state index is 12.1. The van der Waals surface area contributed by atoms with Gasteiger partial charge in [0.25, 0.3) is 0 Å². The Kier molecular flexibility index (Phi) is 20.2. The Hall–Kier alpha value is -3.13. The van der Waals surface area contributed by atoms with E-state index in [1.54, 1.807) is 17.0 Å². The minimum Gasteiger partial charge on any atom is -0.370 e. The first-order valence-corrected chi connectivity index (χ1v) is 12.1. The molecule has 6 N–H and O–H groups in total. The van der Waals surface area contributed by atoms with Crippen molar-refractivity contribution < 1.29 is 0 Å². The van der Waals surface area contributed by atoms with E-state index in [1.165, 1.54) is 0 Å². The quantitative estimate of drug-likeness (QED) is 0.234. The maximum absolute atomic E-state index is 12.1. The fraction of sp³-hybridized carbons (Fsp3) is 0.480. The van der Waals surface area contributed by atoms with Crippen LogP contribution in [-0.4, -0.2) is 33.6 Å². The molecule has 3 aromatic rings. The molecule has 0 aliphatic rings. The van der Waals surface area contributed by atoms with E-state index < -0.39 is 0 Å². The van der Waals surface area contributed by atoms with Crippen LogP contribution in [0.3, 0.4) is 0 Å². The third-order valence-electron chi connectivity index (χ3n) is 3.79. The molecule has 0 aliphatic heterocycles. The van der Waals surface area contributed by atoms with E-state index in [0.717, 1.165) is 36.1 Å². The molecule has 0 saturated heterocycles. The molecule has 0 aliphatic carbocycles. The number of aromatic amines is 1. The van der Waals surface area contributed by atoms with Crippen molar-refractivity contribution >= 4 is 17.0 Å². The zero-order valence-corrected chi connectivity index (χ0v) is 21.8. The highest BCUT2D eigenvalue weighted by Crippen LogP contribution is 2.11. The highest BCUT2D eigenvalue weighted by Gasteiger charge is 2.04. The number of hydrogen-bond donors (Lipinski definition) is 4. The second-order valence-corrected chi connectivity index (χ2v) is 5.68. The van der Waals surface area contributed by atoms with Crippen molar-refractivity contribution in [2.45, 2.75) is 68.4 Å². The standard InChI is InChI=1S/C17H21N7O.4C2H6/c18-16(19)22-8-1-7-20-10-12-2-4-14(5-3-12)24-11-13-6-9-21-15(13)23-17(24)25;4*1-2/h2-6,9,11,20H,1,7-8,10H2,(H4,18,19,22)(H,21,23,25);4*1-2H3. The first kappa shape index (κ1) is 32.1. The fourth-order valence-corrected chi connectivity index (χ4v) is 2.52. The predicted molar refractivity (Wildman–Crippen MR) is 144 cm³/mol. The van der Waals surface area contributed by atoms with Crippen molar-refractivity contribution in [3.63, 3.8) is 0 Å². The lowest BCUT2D eigenvalue weighted by Gasteiger charge is -2.08. The molecule has 0 saturated carbocycles. The third-order valence-corrected chi connectivity index (χ3v) is 3.79. The monoisotopic (exact) mass is 459 g/mol. The van der Waals surface area contributed by atoms with Crippen molar-refractivity contribution in [1.29, 1.82) is 0 Å². The molecule has 33 heavy (non-hydrogen) atoms. The molecule has 186 valence electrons. The summed E-state index contributed by atoms with van der Waals surface area (Å²) in [6.07, 6.45) is 4.43. The first-order chi connectivity index (χ1) is 16.1. The summed E-state index contributed by atoms with van der Waals surface area (Å²) in [6.45, 7) is 18.2.